The minimum atomic E-state index is 0.0378. The van der Waals surface area contributed by atoms with Crippen molar-refractivity contribution in [3.63, 3.8) is 0 Å². The number of hydrogen-bond donors (Lipinski definition) is 2. The van der Waals surface area contributed by atoms with Gasteiger partial charge >= 0.3 is 0 Å². The first-order valence-electron chi connectivity index (χ1n) is 7.18. The van der Waals surface area contributed by atoms with Gasteiger partial charge in [-0.05, 0) is 25.3 Å². The second-order valence-electron chi connectivity index (χ2n) is 5.53. The topological polar surface area (TPSA) is 41.1 Å². The lowest BCUT2D eigenvalue weighted by atomic mass is 9.60. The van der Waals surface area contributed by atoms with Crippen LogP contribution in [0.2, 0.25) is 0 Å². The highest BCUT2D eigenvalue weighted by Gasteiger charge is 2.42. The molecule has 0 aliphatic heterocycles. The predicted molar refractivity (Wildman–Crippen MR) is 78.1 cm³/mol. The summed E-state index contributed by atoms with van der Waals surface area (Å²) in [5, 5.41) is 6.39. The molecule has 1 aromatic rings. The van der Waals surface area contributed by atoms with Crippen molar-refractivity contribution in [2.45, 2.75) is 44.6 Å². The highest BCUT2D eigenvalue weighted by atomic mass is 16.1. The Morgan fingerprint density at radius 2 is 1.95 bits per heavy atom. The van der Waals surface area contributed by atoms with Crippen molar-refractivity contribution in [2.24, 2.45) is 0 Å². The summed E-state index contributed by atoms with van der Waals surface area (Å²) in [5.74, 6) is 0.0378. The summed E-state index contributed by atoms with van der Waals surface area (Å²) in [6, 6.07) is 11.2. The summed E-state index contributed by atoms with van der Waals surface area (Å²) < 4.78 is 0. The molecule has 1 aromatic carbocycles. The second-order valence-corrected chi connectivity index (χ2v) is 5.53. The molecule has 1 aliphatic rings. The smallest absolute Gasteiger partial charge is 0.216 e. The maximum atomic E-state index is 10.8. The normalized spacial score (nSPS) is 18.4. The Hall–Kier alpha value is -1.35. The summed E-state index contributed by atoms with van der Waals surface area (Å²) in [6.07, 6.45) is 3.82. The van der Waals surface area contributed by atoms with Gasteiger partial charge in [0.2, 0.25) is 5.91 Å². The molecule has 2 rings (SSSR count). The van der Waals surface area contributed by atoms with Gasteiger partial charge in [-0.2, -0.15) is 0 Å². The van der Waals surface area contributed by atoms with E-state index in [0.29, 0.717) is 12.6 Å². The number of carbonyl (C=O) groups is 1. The predicted octanol–water partition coefficient (Wildman–Crippen LogP) is 2.22. The molecule has 19 heavy (non-hydrogen) atoms. The van der Waals surface area contributed by atoms with Gasteiger partial charge in [-0.25, -0.2) is 0 Å². The molecule has 1 amide bonds. The van der Waals surface area contributed by atoms with Gasteiger partial charge in [0.25, 0.3) is 0 Å². The van der Waals surface area contributed by atoms with Crippen LogP contribution in [0.4, 0.5) is 0 Å². The average molecular weight is 260 g/mol. The van der Waals surface area contributed by atoms with Crippen LogP contribution in [-0.2, 0) is 10.2 Å². The summed E-state index contributed by atoms with van der Waals surface area (Å²) in [6.45, 7) is 5.35. The molecule has 0 aromatic heterocycles. The maximum Gasteiger partial charge on any atom is 0.216 e. The maximum absolute atomic E-state index is 10.8. The Kier molecular flexibility index (Phi) is 4.59. The van der Waals surface area contributed by atoms with Crippen molar-refractivity contribution >= 4 is 5.91 Å². The third-order valence-corrected chi connectivity index (χ3v) is 4.37. The fraction of sp³-hybridized carbons (Fsp3) is 0.562. The van der Waals surface area contributed by atoms with E-state index in [1.807, 2.05) is 0 Å². The minimum Gasteiger partial charge on any atom is -0.355 e. The Labute approximate surface area is 115 Å². The van der Waals surface area contributed by atoms with Crippen molar-refractivity contribution in [3.8, 4) is 0 Å². The van der Waals surface area contributed by atoms with Crippen LogP contribution >= 0.6 is 0 Å². The van der Waals surface area contributed by atoms with Gasteiger partial charge in [0.05, 0.1) is 0 Å². The fourth-order valence-corrected chi connectivity index (χ4v) is 3.02. The number of rotatable bonds is 6. The molecule has 1 aliphatic carbocycles. The largest absolute Gasteiger partial charge is 0.355 e. The Morgan fingerprint density at radius 3 is 2.47 bits per heavy atom. The van der Waals surface area contributed by atoms with E-state index in [9.17, 15) is 4.79 Å². The summed E-state index contributed by atoms with van der Waals surface area (Å²) in [7, 11) is 0. The van der Waals surface area contributed by atoms with Crippen LogP contribution in [0.25, 0.3) is 0 Å². The van der Waals surface area contributed by atoms with Gasteiger partial charge in [0, 0.05) is 31.5 Å². The summed E-state index contributed by atoms with van der Waals surface area (Å²) in [4.78, 5) is 10.8. The van der Waals surface area contributed by atoms with Gasteiger partial charge in [0.15, 0.2) is 0 Å². The van der Waals surface area contributed by atoms with Crippen molar-refractivity contribution in [1.29, 1.82) is 0 Å². The lowest BCUT2D eigenvalue weighted by molar-refractivity contribution is -0.118. The van der Waals surface area contributed by atoms with E-state index in [0.717, 1.165) is 6.54 Å². The first-order chi connectivity index (χ1) is 9.15. The van der Waals surface area contributed by atoms with E-state index in [-0.39, 0.29) is 11.3 Å². The number of nitrogens with one attached hydrogen (secondary N) is 2. The van der Waals surface area contributed by atoms with Gasteiger partial charge in [-0.3, -0.25) is 4.79 Å². The molecule has 2 N–H and O–H groups in total. The quantitative estimate of drug-likeness (QED) is 0.770. The Balaban J connectivity index is 1.92. The van der Waals surface area contributed by atoms with Gasteiger partial charge in [-0.15, -0.1) is 0 Å². The fourth-order valence-electron chi connectivity index (χ4n) is 3.02. The SMILES string of the molecule is CC(=O)NCCNC(C)C1(c2ccccc2)CCC1. The van der Waals surface area contributed by atoms with E-state index < -0.39 is 0 Å². The number of amides is 1. The molecular weight excluding hydrogens is 236 g/mol. The van der Waals surface area contributed by atoms with Crippen LogP contribution in [0.1, 0.15) is 38.7 Å². The number of carbonyl (C=O) groups excluding carboxylic acids is 1. The highest BCUT2D eigenvalue weighted by Crippen LogP contribution is 2.46. The third kappa shape index (κ3) is 3.16. The highest BCUT2D eigenvalue weighted by molar-refractivity contribution is 5.72. The molecule has 1 saturated carbocycles. The van der Waals surface area contributed by atoms with Crippen LogP contribution in [0.15, 0.2) is 30.3 Å². The first kappa shape index (κ1) is 14.1. The van der Waals surface area contributed by atoms with E-state index in [2.05, 4.69) is 47.9 Å². The molecule has 1 unspecified atom stereocenters. The molecule has 3 heteroatoms. The monoisotopic (exact) mass is 260 g/mol. The Bertz CT molecular complexity index is 412. The Morgan fingerprint density at radius 1 is 1.26 bits per heavy atom. The zero-order valence-electron chi connectivity index (χ0n) is 11.9. The van der Waals surface area contributed by atoms with Crippen LogP contribution in [0.3, 0.4) is 0 Å². The lowest BCUT2D eigenvalue weighted by Crippen LogP contribution is -2.52. The molecule has 0 saturated heterocycles. The van der Waals surface area contributed by atoms with Crippen molar-refractivity contribution in [1.82, 2.24) is 10.6 Å². The molecule has 3 nitrogen and oxygen atoms in total. The van der Waals surface area contributed by atoms with Crippen LogP contribution in [0.5, 0.6) is 0 Å². The van der Waals surface area contributed by atoms with E-state index in [4.69, 9.17) is 0 Å². The second kappa shape index (κ2) is 6.20. The van der Waals surface area contributed by atoms with Gasteiger partial charge in [0.1, 0.15) is 0 Å². The zero-order valence-corrected chi connectivity index (χ0v) is 11.9. The average Bonchev–Trinajstić information content (AvgIpc) is 2.34. The molecular formula is C16H24N2O. The molecule has 104 valence electrons. The first-order valence-corrected chi connectivity index (χ1v) is 7.18. The van der Waals surface area contributed by atoms with E-state index >= 15 is 0 Å². The molecule has 0 heterocycles. The molecule has 0 radical (unpaired) electrons. The number of hydrogen-bond acceptors (Lipinski definition) is 2. The van der Waals surface area contributed by atoms with Crippen LogP contribution in [0, 0.1) is 0 Å². The van der Waals surface area contributed by atoms with Crippen LogP contribution < -0.4 is 10.6 Å². The number of benzene rings is 1. The van der Waals surface area contributed by atoms with Crippen molar-refractivity contribution in [2.75, 3.05) is 13.1 Å². The van der Waals surface area contributed by atoms with E-state index in [1.165, 1.54) is 24.8 Å². The van der Waals surface area contributed by atoms with Gasteiger partial charge in [-0.1, -0.05) is 36.8 Å². The van der Waals surface area contributed by atoms with Crippen molar-refractivity contribution in [3.05, 3.63) is 35.9 Å². The molecule has 1 atom stereocenters. The summed E-state index contributed by atoms with van der Waals surface area (Å²) >= 11 is 0. The van der Waals surface area contributed by atoms with Gasteiger partial charge < -0.3 is 10.6 Å². The summed E-state index contributed by atoms with van der Waals surface area (Å²) in [5.41, 5.74) is 1.73. The molecule has 0 bridgehead atoms. The molecule has 1 fully saturated rings. The lowest BCUT2D eigenvalue weighted by Gasteiger charge is -2.47. The third-order valence-electron chi connectivity index (χ3n) is 4.37. The minimum absolute atomic E-state index is 0.0378. The van der Waals surface area contributed by atoms with Crippen molar-refractivity contribution < 1.29 is 4.79 Å². The standard InChI is InChI=1S/C16H24N2O/c1-13(17-11-12-18-14(2)19)16(9-6-10-16)15-7-4-3-5-8-15/h3-5,7-8,13,17H,6,9-12H2,1-2H3,(H,18,19). The zero-order chi connectivity index (χ0) is 13.7. The molecule has 0 spiro atoms. The van der Waals surface area contributed by atoms with Crippen LogP contribution in [-0.4, -0.2) is 25.0 Å². The van der Waals surface area contributed by atoms with E-state index in [1.54, 1.807) is 6.92 Å².